The first kappa shape index (κ1) is 12.2. The molecule has 1 saturated heterocycles. The van der Waals surface area contributed by atoms with Crippen molar-refractivity contribution in [2.24, 2.45) is 10.8 Å². The third-order valence-corrected chi connectivity index (χ3v) is 4.91. The summed E-state index contributed by atoms with van der Waals surface area (Å²) < 4.78 is 0. The van der Waals surface area contributed by atoms with Crippen LogP contribution in [0.5, 0.6) is 0 Å². The van der Waals surface area contributed by atoms with Crippen LogP contribution in [0, 0.1) is 0 Å². The number of nitrogens with one attached hydrogen (secondary N) is 1. The lowest BCUT2D eigenvalue weighted by Crippen LogP contribution is -2.38. The number of nitrogens with two attached hydrogens (primary N) is 1. The van der Waals surface area contributed by atoms with E-state index in [0.29, 0.717) is 11.3 Å². The van der Waals surface area contributed by atoms with E-state index in [2.05, 4.69) is 5.43 Å². The fraction of sp³-hybridized carbons (Fsp3) is 0.917. The maximum absolute atomic E-state index is 5.61. The quantitative estimate of drug-likeness (QED) is 0.257. The first-order valence-electron chi connectivity index (χ1n) is 6.56. The normalized spacial score (nSPS) is 29.1. The lowest BCUT2D eigenvalue weighted by atomic mass is 10.1. The summed E-state index contributed by atoms with van der Waals surface area (Å²) in [5, 5.41) is 0.535. The Bertz CT molecular complexity index is 228. The average Bonchev–Trinajstić information content (AvgIpc) is 2.71. The minimum Gasteiger partial charge on any atom is -0.311 e. The summed E-state index contributed by atoms with van der Waals surface area (Å²) in [5.74, 6) is 7.93. The van der Waals surface area contributed by atoms with Crippen LogP contribution in [0.25, 0.3) is 0 Å². The van der Waals surface area contributed by atoms with Crippen molar-refractivity contribution in [2.75, 3.05) is 5.75 Å². The molecule has 1 aliphatic carbocycles. The minimum atomic E-state index is 0.523. The standard InChI is InChI=1S/C12H23N3S/c13-15-12(11-8-5-9-16-11)14-10-6-3-1-2-4-7-10/h10-11H,1-9,13H2,(H,14,15). The van der Waals surface area contributed by atoms with Crippen molar-refractivity contribution in [3.63, 3.8) is 0 Å². The summed E-state index contributed by atoms with van der Waals surface area (Å²) in [6.45, 7) is 0. The number of nitrogens with zero attached hydrogens (tertiary/aromatic N) is 1. The number of hydrogen-bond donors (Lipinski definition) is 2. The van der Waals surface area contributed by atoms with Crippen molar-refractivity contribution < 1.29 is 0 Å². The lowest BCUT2D eigenvalue weighted by Gasteiger charge is -2.16. The molecule has 3 nitrogen and oxygen atoms in total. The number of amidine groups is 1. The molecule has 16 heavy (non-hydrogen) atoms. The number of aliphatic imine (C=N–C) groups is 1. The zero-order valence-electron chi connectivity index (χ0n) is 9.95. The lowest BCUT2D eigenvalue weighted by molar-refractivity contribution is 0.580. The van der Waals surface area contributed by atoms with E-state index in [1.165, 1.54) is 57.1 Å². The van der Waals surface area contributed by atoms with Gasteiger partial charge < -0.3 is 5.43 Å². The Morgan fingerprint density at radius 3 is 2.38 bits per heavy atom. The summed E-state index contributed by atoms with van der Waals surface area (Å²) in [7, 11) is 0. The number of hydrazine groups is 1. The predicted octanol–water partition coefficient (Wildman–Crippen LogP) is 2.47. The monoisotopic (exact) mass is 241 g/mol. The van der Waals surface area contributed by atoms with Crippen LogP contribution in [-0.4, -0.2) is 22.9 Å². The Balaban J connectivity index is 1.94. The van der Waals surface area contributed by atoms with Crippen LogP contribution in [0.15, 0.2) is 4.99 Å². The van der Waals surface area contributed by atoms with E-state index in [9.17, 15) is 0 Å². The SMILES string of the molecule is NNC(=NC1CCCCCC1)C1CCCS1. The molecule has 1 atom stereocenters. The van der Waals surface area contributed by atoms with Gasteiger partial charge in [-0.05, 0) is 31.4 Å². The van der Waals surface area contributed by atoms with Gasteiger partial charge in [-0.3, -0.25) is 4.99 Å². The van der Waals surface area contributed by atoms with Crippen LogP contribution < -0.4 is 11.3 Å². The molecule has 0 amide bonds. The molecule has 1 unspecified atom stereocenters. The van der Waals surface area contributed by atoms with E-state index in [-0.39, 0.29) is 0 Å². The fourth-order valence-corrected chi connectivity index (χ4v) is 3.83. The Hall–Kier alpha value is -0.220. The Labute approximate surface area is 103 Å². The summed E-state index contributed by atoms with van der Waals surface area (Å²) in [5.41, 5.74) is 2.84. The van der Waals surface area contributed by atoms with Crippen molar-refractivity contribution in [3.05, 3.63) is 0 Å². The maximum Gasteiger partial charge on any atom is 0.124 e. The van der Waals surface area contributed by atoms with E-state index in [1.807, 2.05) is 11.8 Å². The van der Waals surface area contributed by atoms with Crippen LogP contribution >= 0.6 is 11.8 Å². The fourth-order valence-electron chi connectivity index (χ4n) is 2.59. The molecule has 0 aromatic heterocycles. The van der Waals surface area contributed by atoms with Gasteiger partial charge in [-0.15, -0.1) is 0 Å². The zero-order chi connectivity index (χ0) is 11.2. The van der Waals surface area contributed by atoms with Crippen LogP contribution in [0.4, 0.5) is 0 Å². The topological polar surface area (TPSA) is 50.4 Å². The van der Waals surface area contributed by atoms with Crippen molar-refractivity contribution in [1.82, 2.24) is 5.43 Å². The molecule has 1 aliphatic heterocycles. The Morgan fingerprint density at radius 2 is 1.81 bits per heavy atom. The highest BCUT2D eigenvalue weighted by atomic mass is 32.2. The molecule has 92 valence electrons. The zero-order valence-corrected chi connectivity index (χ0v) is 10.8. The number of hydrogen-bond acceptors (Lipinski definition) is 3. The molecule has 2 fully saturated rings. The molecule has 0 bridgehead atoms. The van der Waals surface area contributed by atoms with Crippen LogP contribution in [-0.2, 0) is 0 Å². The highest BCUT2D eigenvalue weighted by Gasteiger charge is 2.22. The van der Waals surface area contributed by atoms with Crippen LogP contribution in [0.3, 0.4) is 0 Å². The molecule has 2 aliphatic rings. The summed E-state index contributed by atoms with van der Waals surface area (Å²) in [4.78, 5) is 4.86. The smallest absolute Gasteiger partial charge is 0.124 e. The molecule has 2 rings (SSSR count). The second-order valence-corrected chi connectivity index (χ2v) is 6.12. The van der Waals surface area contributed by atoms with Crippen molar-refractivity contribution in [3.8, 4) is 0 Å². The van der Waals surface area contributed by atoms with Gasteiger partial charge in [-0.25, -0.2) is 5.84 Å². The Kier molecular flexibility index (Phi) is 4.97. The molecular weight excluding hydrogens is 218 g/mol. The van der Waals surface area contributed by atoms with Crippen molar-refractivity contribution >= 4 is 17.6 Å². The van der Waals surface area contributed by atoms with Gasteiger partial charge in [-0.2, -0.15) is 11.8 Å². The minimum absolute atomic E-state index is 0.523. The second kappa shape index (κ2) is 6.50. The second-order valence-electron chi connectivity index (χ2n) is 4.81. The van der Waals surface area contributed by atoms with Gasteiger partial charge in [0.05, 0.1) is 11.3 Å². The third kappa shape index (κ3) is 3.39. The van der Waals surface area contributed by atoms with E-state index in [4.69, 9.17) is 10.8 Å². The highest BCUT2D eigenvalue weighted by Crippen LogP contribution is 2.28. The van der Waals surface area contributed by atoms with E-state index in [0.717, 1.165) is 5.84 Å². The van der Waals surface area contributed by atoms with Crippen molar-refractivity contribution in [2.45, 2.75) is 62.7 Å². The average molecular weight is 241 g/mol. The van der Waals surface area contributed by atoms with Gasteiger partial charge in [0.1, 0.15) is 5.84 Å². The third-order valence-electron chi connectivity index (χ3n) is 3.53. The number of rotatable bonds is 2. The van der Waals surface area contributed by atoms with E-state index in [1.54, 1.807) is 0 Å². The molecule has 0 radical (unpaired) electrons. The van der Waals surface area contributed by atoms with Gasteiger partial charge in [0.15, 0.2) is 0 Å². The molecule has 1 saturated carbocycles. The van der Waals surface area contributed by atoms with Crippen LogP contribution in [0.2, 0.25) is 0 Å². The first-order valence-corrected chi connectivity index (χ1v) is 7.61. The summed E-state index contributed by atoms with van der Waals surface area (Å²) in [6, 6.07) is 0.523. The highest BCUT2D eigenvalue weighted by molar-refractivity contribution is 8.00. The Morgan fingerprint density at radius 1 is 1.06 bits per heavy atom. The van der Waals surface area contributed by atoms with E-state index < -0.39 is 0 Å². The summed E-state index contributed by atoms with van der Waals surface area (Å²) >= 11 is 2.00. The maximum atomic E-state index is 5.61. The summed E-state index contributed by atoms with van der Waals surface area (Å²) in [6.07, 6.45) is 10.5. The molecular formula is C12H23N3S. The predicted molar refractivity (Wildman–Crippen MR) is 71.7 cm³/mol. The van der Waals surface area contributed by atoms with Gasteiger partial charge >= 0.3 is 0 Å². The first-order chi connectivity index (χ1) is 7.90. The molecule has 1 heterocycles. The largest absolute Gasteiger partial charge is 0.311 e. The van der Waals surface area contributed by atoms with E-state index >= 15 is 0 Å². The molecule has 0 spiro atoms. The van der Waals surface area contributed by atoms with Crippen molar-refractivity contribution in [1.29, 1.82) is 0 Å². The van der Waals surface area contributed by atoms with Gasteiger partial charge in [0, 0.05) is 0 Å². The van der Waals surface area contributed by atoms with Gasteiger partial charge in [0.25, 0.3) is 0 Å². The molecule has 0 aromatic rings. The van der Waals surface area contributed by atoms with Crippen LogP contribution in [0.1, 0.15) is 51.4 Å². The molecule has 0 aromatic carbocycles. The molecule has 3 N–H and O–H groups in total. The number of thioether (sulfide) groups is 1. The molecule has 4 heteroatoms. The van der Waals surface area contributed by atoms with Gasteiger partial charge in [-0.1, -0.05) is 25.7 Å². The van der Waals surface area contributed by atoms with Gasteiger partial charge in [0.2, 0.25) is 0 Å².